The molecule has 1 N–H and O–H groups in total. The van der Waals surface area contributed by atoms with Crippen molar-refractivity contribution in [3.05, 3.63) is 82.0 Å². The van der Waals surface area contributed by atoms with Crippen LogP contribution in [0.5, 0.6) is 0 Å². The predicted molar refractivity (Wildman–Crippen MR) is 95.0 cm³/mol. The Kier molecular flexibility index (Phi) is 4.67. The van der Waals surface area contributed by atoms with Gasteiger partial charge in [0.1, 0.15) is 0 Å². The zero-order chi connectivity index (χ0) is 17.1. The van der Waals surface area contributed by atoms with Gasteiger partial charge in [0.25, 0.3) is 0 Å². The van der Waals surface area contributed by atoms with Gasteiger partial charge in [-0.05, 0) is 24.1 Å². The first-order valence-electron chi connectivity index (χ1n) is 7.56. The second-order valence-electron chi connectivity index (χ2n) is 5.46. The van der Waals surface area contributed by atoms with Gasteiger partial charge < -0.3 is 4.74 Å². The van der Waals surface area contributed by atoms with Crippen molar-refractivity contribution in [1.29, 1.82) is 0 Å². The molecule has 5 heteroatoms. The first-order valence-corrected chi connectivity index (χ1v) is 7.93. The van der Waals surface area contributed by atoms with E-state index in [2.05, 4.69) is 10.5 Å². The summed E-state index contributed by atoms with van der Waals surface area (Å²) in [5.74, 6) is -0.789. The molecule has 24 heavy (non-hydrogen) atoms. The number of nitrogens with one attached hydrogen (secondary N) is 1. The third-order valence-corrected chi connectivity index (χ3v) is 4.35. The largest absolute Gasteiger partial charge is 0.466 e. The first kappa shape index (κ1) is 16.3. The highest BCUT2D eigenvalue weighted by atomic mass is 35.5. The highest BCUT2D eigenvalue weighted by Crippen LogP contribution is 2.37. The second-order valence-corrected chi connectivity index (χ2v) is 5.87. The summed E-state index contributed by atoms with van der Waals surface area (Å²) in [7, 11) is 1.38. The Labute approximate surface area is 145 Å². The molecule has 4 nitrogen and oxygen atoms in total. The molecule has 1 atom stereocenters. The monoisotopic (exact) mass is 340 g/mol. The topological polar surface area (TPSA) is 50.7 Å². The van der Waals surface area contributed by atoms with Crippen molar-refractivity contribution in [3.8, 4) is 0 Å². The maximum Gasteiger partial charge on any atom is 0.336 e. The van der Waals surface area contributed by atoms with E-state index < -0.39 is 11.9 Å². The van der Waals surface area contributed by atoms with E-state index >= 15 is 0 Å². The van der Waals surface area contributed by atoms with Gasteiger partial charge in [-0.15, -0.1) is 0 Å². The molecule has 1 aliphatic heterocycles. The van der Waals surface area contributed by atoms with Gasteiger partial charge in [-0.3, -0.25) is 5.43 Å². The third-order valence-electron chi connectivity index (χ3n) is 4.00. The number of hydrogen-bond acceptors (Lipinski definition) is 4. The molecule has 0 aliphatic carbocycles. The molecule has 0 amide bonds. The second kappa shape index (κ2) is 6.89. The van der Waals surface area contributed by atoms with E-state index in [1.807, 2.05) is 54.6 Å². The average Bonchev–Trinajstić information content (AvgIpc) is 2.62. The van der Waals surface area contributed by atoms with Gasteiger partial charge in [0.15, 0.2) is 0 Å². The van der Waals surface area contributed by atoms with Crippen LogP contribution >= 0.6 is 11.6 Å². The van der Waals surface area contributed by atoms with Crippen molar-refractivity contribution in [2.45, 2.75) is 12.8 Å². The molecular weight excluding hydrogens is 324 g/mol. The quantitative estimate of drug-likeness (QED) is 0.863. The van der Waals surface area contributed by atoms with E-state index in [1.54, 1.807) is 6.92 Å². The van der Waals surface area contributed by atoms with E-state index in [9.17, 15) is 4.79 Å². The van der Waals surface area contributed by atoms with Crippen LogP contribution in [-0.4, -0.2) is 18.8 Å². The van der Waals surface area contributed by atoms with Crippen molar-refractivity contribution < 1.29 is 9.53 Å². The normalized spacial score (nSPS) is 17.1. The molecule has 2 aromatic carbocycles. The molecule has 3 rings (SSSR count). The number of methoxy groups -OCH3 is 1. The molecule has 0 saturated heterocycles. The van der Waals surface area contributed by atoms with Crippen molar-refractivity contribution in [2.24, 2.45) is 5.10 Å². The van der Waals surface area contributed by atoms with Crippen LogP contribution < -0.4 is 5.43 Å². The number of allylic oxidation sites excluding steroid dienone is 1. The summed E-state index contributed by atoms with van der Waals surface area (Å²) in [6, 6.07) is 17.2. The Morgan fingerprint density at radius 2 is 1.79 bits per heavy atom. The number of carbonyl (C=O) groups is 1. The van der Waals surface area contributed by atoms with E-state index in [0.717, 1.165) is 16.8 Å². The minimum Gasteiger partial charge on any atom is -0.466 e. The number of ether oxygens (including phenoxy) is 1. The first-order chi connectivity index (χ1) is 11.6. The van der Waals surface area contributed by atoms with Crippen LogP contribution in [0, 0.1) is 0 Å². The number of halogens is 1. The van der Waals surface area contributed by atoms with E-state index in [-0.39, 0.29) is 0 Å². The summed E-state index contributed by atoms with van der Waals surface area (Å²) in [4.78, 5) is 12.4. The lowest BCUT2D eigenvalue weighted by atomic mass is 9.82. The number of nitrogens with zero attached hydrogens (tertiary/aromatic N) is 1. The molecule has 0 spiro atoms. The Bertz CT molecular complexity index is 828. The maximum atomic E-state index is 12.4. The molecule has 122 valence electrons. The van der Waals surface area contributed by atoms with Gasteiger partial charge in [0.05, 0.1) is 24.3 Å². The molecule has 0 saturated carbocycles. The Balaban J connectivity index is 2.20. The molecule has 1 unspecified atom stereocenters. The number of benzene rings is 2. The van der Waals surface area contributed by atoms with Gasteiger partial charge in [-0.1, -0.05) is 60.1 Å². The predicted octanol–water partition coefficient (Wildman–Crippen LogP) is 3.88. The summed E-state index contributed by atoms with van der Waals surface area (Å²) in [5.41, 5.74) is 6.58. The van der Waals surface area contributed by atoms with Crippen molar-refractivity contribution in [1.82, 2.24) is 5.43 Å². The number of rotatable bonds is 3. The van der Waals surface area contributed by atoms with Crippen LogP contribution in [-0.2, 0) is 9.53 Å². The van der Waals surface area contributed by atoms with Gasteiger partial charge in [0, 0.05) is 10.7 Å². The number of hydrogen-bond donors (Lipinski definition) is 1. The average molecular weight is 341 g/mol. The van der Waals surface area contributed by atoms with Crippen LogP contribution in [0.3, 0.4) is 0 Å². The Morgan fingerprint density at radius 1 is 1.12 bits per heavy atom. The highest BCUT2D eigenvalue weighted by Gasteiger charge is 2.34. The zero-order valence-electron chi connectivity index (χ0n) is 13.4. The van der Waals surface area contributed by atoms with Crippen molar-refractivity contribution in [2.75, 3.05) is 7.11 Å². The molecule has 2 aromatic rings. The molecule has 0 aromatic heterocycles. The number of hydrazone groups is 1. The van der Waals surface area contributed by atoms with Crippen molar-refractivity contribution >= 4 is 23.3 Å². The van der Waals surface area contributed by atoms with Gasteiger partial charge in [0.2, 0.25) is 0 Å². The fourth-order valence-corrected chi connectivity index (χ4v) is 3.10. The fraction of sp³-hybridized carbons (Fsp3) is 0.158. The van der Waals surface area contributed by atoms with Crippen molar-refractivity contribution in [3.63, 3.8) is 0 Å². The van der Waals surface area contributed by atoms with Gasteiger partial charge in [-0.2, -0.15) is 5.10 Å². The number of esters is 1. The highest BCUT2D eigenvalue weighted by molar-refractivity contribution is 6.32. The maximum absolute atomic E-state index is 12.4. The van der Waals surface area contributed by atoms with E-state index in [0.29, 0.717) is 16.3 Å². The van der Waals surface area contributed by atoms with Crippen LogP contribution in [0.4, 0.5) is 0 Å². The van der Waals surface area contributed by atoms with Crippen LogP contribution in [0.15, 0.2) is 71.0 Å². The summed E-state index contributed by atoms with van der Waals surface area (Å²) in [6.07, 6.45) is 0. The molecule has 1 heterocycles. The lowest BCUT2D eigenvalue weighted by Crippen LogP contribution is -2.31. The molecule has 0 radical (unpaired) electrons. The molecule has 0 bridgehead atoms. The van der Waals surface area contributed by atoms with E-state index in [4.69, 9.17) is 16.3 Å². The van der Waals surface area contributed by atoms with Crippen LogP contribution in [0.1, 0.15) is 24.0 Å². The van der Waals surface area contributed by atoms with E-state index in [1.165, 1.54) is 7.11 Å². The van der Waals surface area contributed by atoms with Gasteiger partial charge in [-0.25, -0.2) is 4.79 Å². The summed E-state index contributed by atoms with van der Waals surface area (Å²) in [5, 5.41) is 5.07. The lowest BCUT2D eigenvalue weighted by Gasteiger charge is -2.28. The fourth-order valence-electron chi connectivity index (χ4n) is 2.86. The van der Waals surface area contributed by atoms with Crippen LogP contribution in [0.2, 0.25) is 5.02 Å². The summed E-state index contributed by atoms with van der Waals surface area (Å²) < 4.78 is 5.00. The molecular formula is C19H17ClN2O2. The SMILES string of the molecule is COC(=O)C1=C(C)NN=C(c2ccccc2)C1c1ccccc1Cl. The Hall–Kier alpha value is -2.59. The lowest BCUT2D eigenvalue weighted by molar-refractivity contribution is -0.136. The number of carbonyl (C=O) groups excluding carboxylic acids is 1. The minimum atomic E-state index is -0.395. The third kappa shape index (κ3) is 2.93. The smallest absolute Gasteiger partial charge is 0.336 e. The zero-order valence-corrected chi connectivity index (χ0v) is 14.2. The van der Waals surface area contributed by atoms with Gasteiger partial charge >= 0.3 is 5.97 Å². The Morgan fingerprint density at radius 3 is 2.46 bits per heavy atom. The molecule has 1 aliphatic rings. The minimum absolute atomic E-state index is 0.394. The van der Waals surface area contributed by atoms with Crippen LogP contribution in [0.25, 0.3) is 0 Å². The summed E-state index contributed by atoms with van der Waals surface area (Å²) >= 11 is 6.42. The summed E-state index contributed by atoms with van der Waals surface area (Å²) in [6.45, 7) is 1.81. The molecule has 0 fully saturated rings. The standard InChI is InChI=1S/C19H17ClN2O2/c1-12-16(19(23)24-2)17(14-10-6-7-11-15(14)20)18(22-21-12)13-8-4-3-5-9-13/h3-11,17,21H,1-2H3.